The Morgan fingerprint density at radius 1 is 1.29 bits per heavy atom. The first kappa shape index (κ1) is 13.6. The number of hydrogen-bond acceptors (Lipinski definition) is 3. The van der Waals surface area contributed by atoms with E-state index in [2.05, 4.69) is 16.7 Å². The summed E-state index contributed by atoms with van der Waals surface area (Å²) < 4.78 is 7.57. The smallest absolute Gasteiger partial charge is 0.224 e. The lowest BCUT2D eigenvalue weighted by atomic mass is 10.2. The first-order valence-corrected chi connectivity index (χ1v) is 7.02. The van der Waals surface area contributed by atoms with Crippen LogP contribution in [0.4, 0.5) is 0 Å². The molecular formula is C16H14ClN3O. The summed E-state index contributed by atoms with van der Waals surface area (Å²) in [6.07, 6.45) is 5.26. The van der Waals surface area contributed by atoms with Crippen molar-refractivity contribution in [3.63, 3.8) is 0 Å². The van der Waals surface area contributed by atoms with E-state index in [1.165, 1.54) is 0 Å². The van der Waals surface area contributed by atoms with Crippen molar-refractivity contribution in [2.24, 2.45) is 0 Å². The molecule has 21 heavy (non-hydrogen) atoms. The molecule has 5 heteroatoms. The molecule has 0 atom stereocenters. The van der Waals surface area contributed by atoms with E-state index >= 15 is 0 Å². The number of rotatable bonds is 5. The Kier molecular flexibility index (Phi) is 3.88. The number of nitrogens with zero attached hydrogens (tertiary/aromatic N) is 3. The molecule has 3 rings (SSSR count). The van der Waals surface area contributed by atoms with Crippen LogP contribution in [0.3, 0.4) is 0 Å². The van der Waals surface area contributed by atoms with Gasteiger partial charge in [-0.3, -0.25) is 0 Å². The Hall–Kier alpha value is -2.33. The van der Waals surface area contributed by atoms with Gasteiger partial charge in [0.1, 0.15) is 5.75 Å². The molecule has 0 aliphatic heterocycles. The van der Waals surface area contributed by atoms with Crippen LogP contribution in [0.15, 0.2) is 55.3 Å². The van der Waals surface area contributed by atoms with Crippen LogP contribution in [0.25, 0.3) is 5.65 Å². The van der Waals surface area contributed by atoms with E-state index in [9.17, 15) is 0 Å². The Labute approximate surface area is 127 Å². The largest absolute Gasteiger partial charge is 0.439 e. The quantitative estimate of drug-likeness (QED) is 0.660. The van der Waals surface area contributed by atoms with Gasteiger partial charge in [0.25, 0.3) is 0 Å². The monoisotopic (exact) mass is 299 g/mol. The molecule has 2 aromatic heterocycles. The van der Waals surface area contributed by atoms with E-state index in [-0.39, 0.29) is 0 Å². The van der Waals surface area contributed by atoms with Crippen molar-refractivity contribution in [2.45, 2.75) is 12.8 Å². The third kappa shape index (κ3) is 3.06. The number of aromatic nitrogens is 3. The Morgan fingerprint density at radius 3 is 3.00 bits per heavy atom. The Morgan fingerprint density at radius 2 is 2.19 bits per heavy atom. The average Bonchev–Trinajstić information content (AvgIpc) is 2.94. The first-order chi connectivity index (χ1) is 10.3. The molecule has 106 valence electrons. The SMILES string of the molecule is C=CCCc1cc(Oc2cccc(Cl)c2)n2nccc2n1. The predicted octanol–water partition coefficient (Wildman–Crippen LogP) is 4.29. The molecule has 0 spiro atoms. The predicted molar refractivity (Wildman–Crippen MR) is 83.0 cm³/mol. The highest BCUT2D eigenvalue weighted by Crippen LogP contribution is 2.25. The van der Waals surface area contributed by atoms with Crippen LogP contribution in [-0.4, -0.2) is 14.6 Å². The second-order valence-electron chi connectivity index (χ2n) is 4.57. The van der Waals surface area contributed by atoms with Crippen LogP contribution in [0.5, 0.6) is 11.6 Å². The third-order valence-corrected chi connectivity index (χ3v) is 3.24. The number of allylic oxidation sites excluding steroid dienone is 1. The number of hydrogen-bond donors (Lipinski definition) is 0. The highest BCUT2D eigenvalue weighted by atomic mass is 35.5. The van der Waals surface area contributed by atoms with E-state index in [1.807, 2.05) is 30.3 Å². The molecule has 0 saturated carbocycles. The number of fused-ring (bicyclic) bond motifs is 1. The van der Waals surface area contributed by atoms with Gasteiger partial charge in [-0.15, -0.1) is 6.58 Å². The van der Waals surface area contributed by atoms with Crippen molar-refractivity contribution in [1.82, 2.24) is 14.6 Å². The van der Waals surface area contributed by atoms with Crippen LogP contribution in [0.1, 0.15) is 12.1 Å². The lowest BCUT2D eigenvalue weighted by molar-refractivity contribution is 0.445. The molecular weight excluding hydrogens is 286 g/mol. The summed E-state index contributed by atoms with van der Waals surface area (Å²) in [6, 6.07) is 11.0. The van der Waals surface area contributed by atoms with Gasteiger partial charge in [0.15, 0.2) is 5.65 Å². The van der Waals surface area contributed by atoms with Crippen molar-refractivity contribution in [1.29, 1.82) is 0 Å². The van der Waals surface area contributed by atoms with Crippen LogP contribution < -0.4 is 4.74 Å². The molecule has 0 unspecified atom stereocenters. The second kappa shape index (κ2) is 5.97. The molecule has 0 aliphatic carbocycles. The molecule has 0 fully saturated rings. The van der Waals surface area contributed by atoms with Crippen molar-refractivity contribution in [2.75, 3.05) is 0 Å². The molecule has 0 N–H and O–H groups in total. The fourth-order valence-electron chi connectivity index (χ4n) is 2.04. The summed E-state index contributed by atoms with van der Waals surface area (Å²) in [5, 5.41) is 4.86. The van der Waals surface area contributed by atoms with Gasteiger partial charge in [-0.2, -0.15) is 9.61 Å². The molecule has 3 aromatic rings. The van der Waals surface area contributed by atoms with Gasteiger partial charge >= 0.3 is 0 Å². The Bertz CT molecular complexity index is 782. The lowest BCUT2D eigenvalue weighted by Crippen LogP contribution is -2.00. The zero-order valence-electron chi connectivity index (χ0n) is 11.4. The minimum atomic E-state index is 0.617. The van der Waals surface area contributed by atoms with Crippen LogP contribution in [0, 0.1) is 0 Å². The van der Waals surface area contributed by atoms with Crippen LogP contribution >= 0.6 is 11.6 Å². The van der Waals surface area contributed by atoms with Crippen molar-refractivity contribution in [3.8, 4) is 11.6 Å². The standard InChI is InChI=1S/C16H14ClN3O/c1-2-3-6-13-11-16(20-15(19-13)8-9-18-20)21-14-7-4-5-12(17)10-14/h2,4-5,7-11H,1,3,6H2. The van der Waals surface area contributed by atoms with E-state index in [4.69, 9.17) is 16.3 Å². The summed E-state index contributed by atoms with van der Waals surface area (Å²) >= 11 is 5.98. The van der Waals surface area contributed by atoms with Gasteiger partial charge in [0.05, 0.1) is 6.20 Å². The highest BCUT2D eigenvalue weighted by Gasteiger charge is 2.08. The van der Waals surface area contributed by atoms with E-state index in [0.717, 1.165) is 24.2 Å². The van der Waals surface area contributed by atoms with Gasteiger partial charge in [-0.05, 0) is 31.0 Å². The molecule has 4 nitrogen and oxygen atoms in total. The fraction of sp³-hybridized carbons (Fsp3) is 0.125. The minimum Gasteiger partial charge on any atom is -0.439 e. The molecule has 0 amide bonds. The number of ether oxygens (including phenoxy) is 1. The van der Waals surface area contributed by atoms with Gasteiger partial charge in [0.2, 0.25) is 5.88 Å². The summed E-state index contributed by atoms with van der Waals surface area (Å²) in [4.78, 5) is 4.54. The molecule has 0 bridgehead atoms. The summed E-state index contributed by atoms with van der Waals surface area (Å²) in [5.41, 5.74) is 1.70. The highest BCUT2D eigenvalue weighted by molar-refractivity contribution is 6.30. The summed E-state index contributed by atoms with van der Waals surface area (Å²) in [7, 11) is 0. The van der Waals surface area contributed by atoms with Gasteiger partial charge in [-0.1, -0.05) is 23.7 Å². The molecule has 0 saturated heterocycles. The second-order valence-corrected chi connectivity index (χ2v) is 5.01. The molecule has 2 heterocycles. The summed E-state index contributed by atoms with van der Waals surface area (Å²) in [6.45, 7) is 3.74. The zero-order chi connectivity index (χ0) is 14.7. The van der Waals surface area contributed by atoms with E-state index in [0.29, 0.717) is 16.7 Å². The number of halogens is 1. The maximum Gasteiger partial charge on any atom is 0.224 e. The molecule has 1 aromatic carbocycles. The van der Waals surface area contributed by atoms with Gasteiger partial charge < -0.3 is 4.74 Å². The van der Waals surface area contributed by atoms with Crippen molar-refractivity contribution in [3.05, 3.63) is 66.0 Å². The van der Waals surface area contributed by atoms with E-state index in [1.54, 1.807) is 22.8 Å². The maximum atomic E-state index is 5.98. The van der Waals surface area contributed by atoms with Crippen LogP contribution in [0.2, 0.25) is 5.02 Å². The molecule has 0 radical (unpaired) electrons. The van der Waals surface area contributed by atoms with Crippen LogP contribution in [-0.2, 0) is 6.42 Å². The fourth-order valence-corrected chi connectivity index (χ4v) is 2.22. The number of benzene rings is 1. The maximum absolute atomic E-state index is 5.98. The normalized spacial score (nSPS) is 10.7. The van der Waals surface area contributed by atoms with Crippen molar-refractivity contribution < 1.29 is 4.74 Å². The lowest BCUT2D eigenvalue weighted by Gasteiger charge is -2.09. The Balaban J connectivity index is 1.99. The van der Waals surface area contributed by atoms with Crippen molar-refractivity contribution >= 4 is 17.2 Å². The minimum absolute atomic E-state index is 0.617. The zero-order valence-corrected chi connectivity index (χ0v) is 12.1. The van der Waals surface area contributed by atoms with Gasteiger partial charge in [-0.25, -0.2) is 4.98 Å². The van der Waals surface area contributed by atoms with E-state index < -0.39 is 0 Å². The topological polar surface area (TPSA) is 39.4 Å². The first-order valence-electron chi connectivity index (χ1n) is 6.64. The average molecular weight is 300 g/mol. The third-order valence-electron chi connectivity index (χ3n) is 3.00. The number of aryl methyl sites for hydroxylation is 1. The summed E-state index contributed by atoms with van der Waals surface area (Å²) in [5.74, 6) is 1.28. The molecule has 0 aliphatic rings. The van der Waals surface area contributed by atoms with Gasteiger partial charge in [0, 0.05) is 22.8 Å².